The van der Waals surface area contributed by atoms with Crippen LogP contribution < -0.4 is 5.32 Å². The molecule has 0 saturated heterocycles. The number of thiophene rings is 1. The smallest absolute Gasteiger partial charge is 0.291 e. The van der Waals surface area contributed by atoms with Crippen molar-refractivity contribution in [1.82, 2.24) is 24.9 Å². The minimum absolute atomic E-state index is 0.147. The lowest BCUT2D eigenvalue weighted by atomic mass is 9.87. The average Bonchev–Trinajstić information content (AvgIpc) is 3.36. The maximum atomic E-state index is 12.4. The van der Waals surface area contributed by atoms with Crippen molar-refractivity contribution in [2.24, 2.45) is 0 Å². The van der Waals surface area contributed by atoms with Gasteiger partial charge in [0.2, 0.25) is 5.82 Å². The van der Waals surface area contributed by atoms with Gasteiger partial charge in [0.25, 0.3) is 5.91 Å². The molecule has 4 heterocycles. The lowest BCUT2D eigenvalue weighted by Crippen LogP contribution is -2.23. The molecule has 1 atom stereocenters. The van der Waals surface area contributed by atoms with Crippen LogP contribution in [0, 0.1) is 0 Å². The van der Waals surface area contributed by atoms with Crippen molar-refractivity contribution in [3.8, 4) is 0 Å². The maximum absolute atomic E-state index is 12.4. The van der Waals surface area contributed by atoms with Gasteiger partial charge in [-0.2, -0.15) is 0 Å². The number of carbonyl (C=O) groups excluding carboxylic acids is 1. The lowest BCUT2D eigenvalue weighted by Gasteiger charge is -2.18. The highest BCUT2D eigenvalue weighted by atomic mass is 32.1. The van der Waals surface area contributed by atoms with E-state index in [9.17, 15) is 4.79 Å². The molecule has 0 spiro atoms. The first-order valence-corrected chi connectivity index (χ1v) is 9.49. The summed E-state index contributed by atoms with van der Waals surface area (Å²) in [6.07, 6.45) is 6.70. The number of carbonyl (C=O) groups is 1. The third-order valence-electron chi connectivity index (χ3n) is 4.88. The number of hydrogen-bond acceptors (Lipinski definition) is 6. The van der Waals surface area contributed by atoms with E-state index >= 15 is 0 Å². The van der Waals surface area contributed by atoms with Crippen LogP contribution >= 0.6 is 11.3 Å². The third kappa shape index (κ3) is 2.40. The first-order chi connectivity index (χ1) is 12.7. The Kier molecular flexibility index (Phi) is 3.53. The number of amides is 1. The third-order valence-corrected chi connectivity index (χ3v) is 6.06. The Balaban J connectivity index is 1.55. The first kappa shape index (κ1) is 15.5. The maximum Gasteiger partial charge on any atom is 0.291 e. The minimum atomic E-state index is -0.324. The fourth-order valence-electron chi connectivity index (χ4n) is 3.64. The second-order valence-electron chi connectivity index (χ2n) is 6.62. The summed E-state index contributed by atoms with van der Waals surface area (Å²) in [5.74, 6) is 0.991. The Morgan fingerprint density at radius 1 is 1.50 bits per heavy atom. The van der Waals surface area contributed by atoms with Crippen molar-refractivity contribution in [3.05, 3.63) is 46.7 Å². The molecular weight excluding hydrogens is 350 g/mol. The molecular formula is C18H17N5O2S. The number of aromatic nitrogens is 4. The van der Waals surface area contributed by atoms with E-state index in [2.05, 4.69) is 27.3 Å². The van der Waals surface area contributed by atoms with Gasteiger partial charge in [0, 0.05) is 4.88 Å². The highest BCUT2D eigenvalue weighted by molar-refractivity contribution is 7.19. The van der Waals surface area contributed by atoms with Crippen molar-refractivity contribution in [2.75, 3.05) is 0 Å². The molecule has 7 nitrogen and oxygen atoms in total. The van der Waals surface area contributed by atoms with Gasteiger partial charge in [0.1, 0.15) is 16.9 Å². The molecule has 1 N–H and O–H groups in total. The number of aryl methyl sites for hydroxylation is 1. The molecule has 132 valence electrons. The van der Waals surface area contributed by atoms with Crippen LogP contribution in [0.3, 0.4) is 0 Å². The van der Waals surface area contributed by atoms with Gasteiger partial charge in [-0.05, 0) is 42.9 Å². The summed E-state index contributed by atoms with van der Waals surface area (Å²) in [7, 11) is 0. The van der Waals surface area contributed by atoms with Crippen molar-refractivity contribution in [3.63, 3.8) is 0 Å². The Hall–Kier alpha value is -2.74. The van der Waals surface area contributed by atoms with Crippen LogP contribution in [0.5, 0.6) is 0 Å². The summed E-state index contributed by atoms with van der Waals surface area (Å²) in [6, 6.07) is 3.60. The summed E-state index contributed by atoms with van der Waals surface area (Å²) < 4.78 is 6.84. The van der Waals surface area contributed by atoms with E-state index in [4.69, 9.17) is 4.42 Å². The van der Waals surface area contributed by atoms with Gasteiger partial charge in [0.05, 0.1) is 18.2 Å². The monoisotopic (exact) mass is 367 g/mol. The van der Waals surface area contributed by atoms with Crippen molar-refractivity contribution in [1.29, 1.82) is 0 Å². The van der Waals surface area contributed by atoms with E-state index in [0.717, 1.165) is 16.6 Å². The number of hydrogen-bond donors (Lipinski definition) is 1. The molecule has 0 fully saturated rings. The molecule has 1 aliphatic rings. The first-order valence-electron chi connectivity index (χ1n) is 8.68. The van der Waals surface area contributed by atoms with Gasteiger partial charge >= 0.3 is 0 Å². The summed E-state index contributed by atoms with van der Waals surface area (Å²) >= 11 is 1.74. The molecule has 1 aliphatic carbocycles. The standard InChI is InChI=1S/C18H17N5O2S/c1-10-4-2-6-12-13(10)14-16-21-15(22-23(16)9-20-18(14)26-12)17(24)19-8-11-5-3-7-25-11/h3,5,7,9-10H,2,4,6,8H2,1H3,(H,19,24). The van der Waals surface area contributed by atoms with E-state index < -0.39 is 0 Å². The summed E-state index contributed by atoms with van der Waals surface area (Å²) in [5.41, 5.74) is 2.05. The van der Waals surface area contributed by atoms with Gasteiger partial charge in [-0.1, -0.05) is 6.92 Å². The summed E-state index contributed by atoms with van der Waals surface area (Å²) in [4.78, 5) is 23.9. The molecule has 1 unspecified atom stereocenters. The van der Waals surface area contributed by atoms with Crippen molar-refractivity contribution < 1.29 is 9.21 Å². The number of furan rings is 1. The zero-order valence-corrected chi connectivity index (χ0v) is 15.0. The Morgan fingerprint density at radius 3 is 3.27 bits per heavy atom. The molecule has 26 heavy (non-hydrogen) atoms. The summed E-state index contributed by atoms with van der Waals surface area (Å²) in [6.45, 7) is 2.56. The van der Waals surface area contributed by atoms with Gasteiger partial charge < -0.3 is 9.73 Å². The number of fused-ring (bicyclic) bond motifs is 5. The molecule has 0 radical (unpaired) electrons. The Bertz CT molecular complexity index is 1110. The van der Waals surface area contributed by atoms with Crippen LogP contribution in [-0.4, -0.2) is 25.5 Å². The molecule has 4 aromatic rings. The van der Waals surface area contributed by atoms with E-state index in [1.54, 1.807) is 34.5 Å². The highest BCUT2D eigenvalue weighted by Gasteiger charge is 2.26. The van der Waals surface area contributed by atoms with Gasteiger partial charge in [-0.3, -0.25) is 4.79 Å². The van der Waals surface area contributed by atoms with Crippen LogP contribution in [0.1, 0.15) is 52.5 Å². The second-order valence-corrected chi connectivity index (χ2v) is 7.71. The second kappa shape index (κ2) is 5.91. The molecule has 4 aromatic heterocycles. The molecule has 0 aromatic carbocycles. The van der Waals surface area contributed by atoms with E-state index in [-0.39, 0.29) is 11.7 Å². The molecule has 1 amide bonds. The predicted octanol–water partition coefficient (Wildman–Crippen LogP) is 3.30. The van der Waals surface area contributed by atoms with Crippen LogP contribution in [0.4, 0.5) is 0 Å². The van der Waals surface area contributed by atoms with Crippen LogP contribution in [0.15, 0.2) is 29.1 Å². The topological polar surface area (TPSA) is 85.3 Å². The van der Waals surface area contributed by atoms with Crippen LogP contribution in [0.25, 0.3) is 15.9 Å². The van der Waals surface area contributed by atoms with E-state index in [1.165, 1.54) is 23.3 Å². The molecule has 8 heteroatoms. The quantitative estimate of drug-likeness (QED) is 0.600. The molecule has 0 bridgehead atoms. The number of nitrogens with zero attached hydrogens (tertiary/aromatic N) is 4. The zero-order chi connectivity index (χ0) is 17.7. The minimum Gasteiger partial charge on any atom is -0.467 e. The van der Waals surface area contributed by atoms with Crippen molar-refractivity contribution in [2.45, 2.75) is 38.6 Å². The van der Waals surface area contributed by atoms with Crippen molar-refractivity contribution >= 4 is 33.1 Å². The number of rotatable bonds is 3. The predicted molar refractivity (Wildman–Crippen MR) is 97.4 cm³/mol. The Labute approximate surface area is 153 Å². The molecule has 5 rings (SSSR count). The SMILES string of the molecule is CC1CCCc2sc3ncn4nc(C(=O)NCc5ccco5)nc4c3c21. The molecule has 0 saturated carbocycles. The number of nitrogens with one attached hydrogen (secondary N) is 1. The average molecular weight is 367 g/mol. The fraction of sp³-hybridized carbons (Fsp3) is 0.333. The zero-order valence-electron chi connectivity index (χ0n) is 14.2. The lowest BCUT2D eigenvalue weighted by molar-refractivity contribution is 0.0938. The summed E-state index contributed by atoms with van der Waals surface area (Å²) in [5, 5.41) is 8.16. The van der Waals surface area contributed by atoms with E-state index in [0.29, 0.717) is 23.9 Å². The Morgan fingerprint density at radius 2 is 2.42 bits per heavy atom. The van der Waals surface area contributed by atoms with Gasteiger partial charge in [-0.15, -0.1) is 16.4 Å². The molecule has 0 aliphatic heterocycles. The fourth-order valence-corrected chi connectivity index (χ4v) is 4.94. The largest absolute Gasteiger partial charge is 0.467 e. The van der Waals surface area contributed by atoms with E-state index in [1.807, 2.05) is 6.07 Å². The van der Waals surface area contributed by atoms with Gasteiger partial charge in [-0.25, -0.2) is 14.5 Å². The van der Waals surface area contributed by atoms with Gasteiger partial charge in [0.15, 0.2) is 5.65 Å². The van der Waals surface area contributed by atoms with Crippen LogP contribution in [0.2, 0.25) is 0 Å². The van der Waals surface area contributed by atoms with Crippen LogP contribution in [-0.2, 0) is 13.0 Å². The normalized spacial score (nSPS) is 16.9. The highest BCUT2D eigenvalue weighted by Crippen LogP contribution is 2.42.